The van der Waals surface area contributed by atoms with Gasteiger partial charge in [-0.05, 0) is 20.3 Å². The lowest BCUT2D eigenvalue weighted by Gasteiger charge is -2.23. The van der Waals surface area contributed by atoms with E-state index in [1.165, 1.54) is 13.8 Å². The van der Waals surface area contributed by atoms with Gasteiger partial charge in [-0.3, -0.25) is 24.0 Å². The number of aliphatic carboxylic acids is 1. The van der Waals surface area contributed by atoms with E-state index in [0.29, 0.717) is 0 Å². The van der Waals surface area contributed by atoms with Crippen molar-refractivity contribution in [2.75, 3.05) is 6.61 Å². The Morgan fingerprint density at radius 2 is 1.42 bits per heavy atom. The number of carbonyl (C=O) groups excluding carboxylic acids is 4. The van der Waals surface area contributed by atoms with Crippen LogP contribution in [-0.4, -0.2) is 70.6 Å². The van der Waals surface area contributed by atoms with Crippen molar-refractivity contribution in [1.82, 2.24) is 16.0 Å². The zero-order valence-electron chi connectivity index (χ0n) is 14.5. The molecule has 0 heterocycles. The molecule has 0 aromatic rings. The standard InChI is InChI=1S/C14H25N5O7/c1-6(15)11(22)19-9(5-20)13(24)18-8(3-4-10(16)21)12(23)17-7(2)14(25)26/h6-9,20H,3-5,15H2,1-2H3,(H2,16,21)(H,17,23)(H,18,24)(H,19,22)(H,25,26). The third-order valence-corrected chi connectivity index (χ3v) is 3.27. The third kappa shape index (κ3) is 8.39. The molecule has 26 heavy (non-hydrogen) atoms. The summed E-state index contributed by atoms with van der Waals surface area (Å²) in [6.07, 6.45) is -0.450. The van der Waals surface area contributed by atoms with Crippen LogP contribution in [0.25, 0.3) is 0 Å². The SMILES string of the molecule is CC(N)C(=O)NC(CO)C(=O)NC(CCC(N)=O)C(=O)NC(C)C(=O)O. The molecular formula is C14H25N5O7. The number of hydrogen-bond acceptors (Lipinski definition) is 7. The molecule has 0 aliphatic heterocycles. The molecule has 0 aromatic heterocycles. The predicted molar refractivity (Wildman–Crippen MR) is 88.3 cm³/mol. The maximum Gasteiger partial charge on any atom is 0.325 e. The fraction of sp³-hybridized carbons (Fsp3) is 0.643. The highest BCUT2D eigenvalue weighted by Crippen LogP contribution is 2.00. The van der Waals surface area contributed by atoms with Crippen LogP contribution in [0.5, 0.6) is 0 Å². The molecule has 0 radical (unpaired) electrons. The van der Waals surface area contributed by atoms with Crippen LogP contribution in [0.3, 0.4) is 0 Å². The molecule has 0 rings (SSSR count). The Hall–Kier alpha value is -2.73. The van der Waals surface area contributed by atoms with E-state index in [1.807, 2.05) is 0 Å². The topological polar surface area (TPSA) is 214 Å². The van der Waals surface area contributed by atoms with Crippen LogP contribution < -0.4 is 27.4 Å². The normalized spacial score (nSPS) is 15.1. The summed E-state index contributed by atoms with van der Waals surface area (Å²) in [4.78, 5) is 57.6. The largest absolute Gasteiger partial charge is 0.480 e. The van der Waals surface area contributed by atoms with Crippen molar-refractivity contribution in [3.8, 4) is 0 Å². The Bertz CT molecular complexity index is 552. The van der Waals surface area contributed by atoms with Gasteiger partial charge in [-0.25, -0.2) is 0 Å². The van der Waals surface area contributed by atoms with Gasteiger partial charge in [0, 0.05) is 6.42 Å². The number of aliphatic hydroxyl groups excluding tert-OH is 1. The van der Waals surface area contributed by atoms with E-state index in [-0.39, 0.29) is 12.8 Å². The van der Waals surface area contributed by atoms with Gasteiger partial charge in [0.05, 0.1) is 12.6 Å². The van der Waals surface area contributed by atoms with Crippen molar-refractivity contribution in [2.24, 2.45) is 11.5 Å². The summed E-state index contributed by atoms with van der Waals surface area (Å²) in [7, 11) is 0. The molecule has 0 aliphatic carbocycles. The Morgan fingerprint density at radius 1 is 0.923 bits per heavy atom. The number of rotatable bonds is 11. The Balaban J connectivity index is 5.09. The second-order valence-corrected chi connectivity index (χ2v) is 5.67. The average molecular weight is 375 g/mol. The highest BCUT2D eigenvalue weighted by Gasteiger charge is 2.28. The molecule has 0 aromatic carbocycles. The number of nitrogens with two attached hydrogens (primary N) is 2. The molecule has 12 nitrogen and oxygen atoms in total. The molecule has 0 saturated heterocycles. The van der Waals surface area contributed by atoms with Crippen molar-refractivity contribution in [2.45, 2.75) is 50.9 Å². The Kier molecular flexibility index (Phi) is 9.84. The summed E-state index contributed by atoms with van der Waals surface area (Å²) >= 11 is 0. The number of hydrogen-bond donors (Lipinski definition) is 7. The van der Waals surface area contributed by atoms with Crippen LogP contribution in [0.2, 0.25) is 0 Å². The first-order valence-corrected chi connectivity index (χ1v) is 7.78. The van der Waals surface area contributed by atoms with E-state index < -0.39 is 60.4 Å². The molecule has 0 saturated carbocycles. The maximum absolute atomic E-state index is 12.2. The molecule has 0 aliphatic rings. The minimum Gasteiger partial charge on any atom is -0.480 e. The minimum absolute atomic E-state index is 0.196. The molecule has 4 atom stereocenters. The van der Waals surface area contributed by atoms with Crippen LogP contribution in [0.4, 0.5) is 0 Å². The summed E-state index contributed by atoms with van der Waals surface area (Å²) < 4.78 is 0. The highest BCUT2D eigenvalue weighted by molar-refractivity contribution is 5.94. The van der Waals surface area contributed by atoms with E-state index in [4.69, 9.17) is 16.6 Å². The summed E-state index contributed by atoms with van der Waals surface area (Å²) in [5.41, 5.74) is 10.4. The fourth-order valence-corrected chi connectivity index (χ4v) is 1.70. The monoisotopic (exact) mass is 375 g/mol. The fourth-order valence-electron chi connectivity index (χ4n) is 1.70. The number of amides is 4. The zero-order valence-corrected chi connectivity index (χ0v) is 14.5. The third-order valence-electron chi connectivity index (χ3n) is 3.27. The van der Waals surface area contributed by atoms with Crippen molar-refractivity contribution in [1.29, 1.82) is 0 Å². The average Bonchev–Trinajstić information content (AvgIpc) is 2.54. The lowest BCUT2D eigenvalue weighted by Crippen LogP contribution is -2.57. The van der Waals surface area contributed by atoms with Crippen molar-refractivity contribution < 1.29 is 34.2 Å². The van der Waals surface area contributed by atoms with Crippen LogP contribution in [-0.2, 0) is 24.0 Å². The van der Waals surface area contributed by atoms with Crippen LogP contribution in [0.1, 0.15) is 26.7 Å². The quantitative estimate of drug-likeness (QED) is 0.189. The zero-order chi connectivity index (χ0) is 20.4. The molecule has 0 bridgehead atoms. The van der Waals surface area contributed by atoms with Gasteiger partial charge < -0.3 is 37.6 Å². The second kappa shape index (κ2) is 11.0. The molecule has 12 heteroatoms. The maximum atomic E-state index is 12.2. The number of nitrogens with one attached hydrogen (secondary N) is 3. The van der Waals surface area contributed by atoms with E-state index in [0.717, 1.165) is 0 Å². The summed E-state index contributed by atoms with van der Waals surface area (Å²) in [5.74, 6) is -4.49. The smallest absolute Gasteiger partial charge is 0.325 e. The van der Waals surface area contributed by atoms with E-state index in [2.05, 4.69) is 16.0 Å². The van der Waals surface area contributed by atoms with Gasteiger partial charge >= 0.3 is 5.97 Å². The lowest BCUT2D eigenvalue weighted by atomic mass is 10.1. The molecule has 148 valence electrons. The lowest BCUT2D eigenvalue weighted by molar-refractivity contribution is -0.142. The molecular weight excluding hydrogens is 350 g/mol. The first-order chi connectivity index (χ1) is 12.0. The van der Waals surface area contributed by atoms with E-state index >= 15 is 0 Å². The van der Waals surface area contributed by atoms with Crippen LogP contribution in [0, 0.1) is 0 Å². The molecule has 4 amide bonds. The van der Waals surface area contributed by atoms with Gasteiger partial charge in [-0.15, -0.1) is 0 Å². The summed E-state index contributed by atoms with van der Waals surface area (Å²) in [6, 6.07) is -4.84. The van der Waals surface area contributed by atoms with Crippen molar-refractivity contribution in [3.63, 3.8) is 0 Å². The number of carboxylic acids is 1. The predicted octanol–water partition coefficient (Wildman–Crippen LogP) is -3.85. The Morgan fingerprint density at radius 3 is 1.85 bits per heavy atom. The molecule has 0 spiro atoms. The number of aliphatic hydroxyl groups is 1. The summed E-state index contributed by atoms with van der Waals surface area (Å²) in [6.45, 7) is 1.82. The van der Waals surface area contributed by atoms with Crippen LogP contribution in [0.15, 0.2) is 0 Å². The first-order valence-electron chi connectivity index (χ1n) is 7.78. The van der Waals surface area contributed by atoms with E-state index in [9.17, 15) is 29.1 Å². The van der Waals surface area contributed by atoms with Gasteiger partial charge in [-0.2, -0.15) is 0 Å². The number of carboxylic acid groups (broad SMARTS) is 1. The number of primary amides is 1. The van der Waals surface area contributed by atoms with Crippen LogP contribution >= 0.6 is 0 Å². The van der Waals surface area contributed by atoms with Gasteiger partial charge in [-0.1, -0.05) is 0 Å². The molecule has 0 fully saturated rings. The Labute approximate surface area is 149 Å². The van der Waals surface area contributed by atoms with Crippen molar-refractivity contribution in [3.05, 3.63) is 0 Å². The molecule has 4 unspecified atom stereocenters. The van der Waals surface area contributed by atoms with Crippen molar-refractivity contribution >= 4 is 29.6 Å². The highest BCUT2D eigenvalue weighted by atomic mass is 16.4. The van der Waals surface area contributed by atoms with Gasteiger partial charge in [0.25, 0.3) is 0 Å². The van der Waals surface area contributed by atoms with Gasteiger partial charge in [0.15, 0.2) is 0 Å². The second-order valence-electron chi connectivity index (χ2n) is 5.67. The molecule has 9 N–H and O–H groups in total. The number of carbonyl (C=O) groups is 5. The first kappa shape index (κ1) is 23.3. The van der Waals surface area contributed by atoms with Gasteiger partial charge in [0.1, 0.15) is 18.1 Å². The van der Waals surface area contributed by atoms with E-state index in [1.54, 1.807) is 0 Å². The minimum atomic E-state index is -1.38. The summed E-state index contributed by atoms with van der Waals surface area (Å²) in [5, 5.41) is 24.7. The van der Waals surface area contributed by atoms with Gasteiger partial charge in [0.2, 0.25) is 23.6 Å².